The molecule has 0 amide bonds. The summed E-state index contributed by atoms with van der Waals surface area (Å²) in [7, 11) is 0. The van der Waals surface area contributed by atoms with Crippen LogP contribution in [0, 0.1) is 11.8 Å². The molecular weight excluding hydrogens is 336 g/mol. The van der Waals surface area contributed by atoms with E-state index in [1.807, 2.05) is 13.0 Å². The van der Waals surface area contributed by atoms with Crippen LogP contribution >= 0.6 is 31.9 Å². The van der Waals surface area contributed by atoms with E-state index >= 15 is 0 Å². The van der Waals surface area contributed by atoms with Crippen LogP contribution in [0.1, 0.15) is 23.7 Å². The molecule has 0 atom stereocenters. The van der Waals surface area contributed by atoms with Gasteiger partial charge in [-0.2, -0.15) is 0 Å². The van der Waals surface area contributed by atoms with Gasteiger partial charge in [-0.15, -0.1) is 5.92 Å². The fraction of sp³-hybridized carbons (Fsp3) is 0.250. The Bertz CT molecular complexity index is 444. The number of hydrogen-bond acceptors (Lipinski definition) is 2. The molecule has 0 bridgehead atoms. The quantitative estimate of drug-likeness (QED) is 0.615. The predicted molar refractivity (Wildman–Crippen MR) is 70.8 cm³/mol. The summed E-state index contributed by atoms with van der Waals surface area (Å²) in [6.07, 6.45) is 1.56. The second kappa shape index (κ2) is 6.72. The number of halogens is 2. The Kier molecular flexibility index (Phi) is 5.58. The van der Waals surface area contributed by atoms with Crippen LogP contribution in [0.4, 0.5) is 0 Å². The van der Waals surface area contributed by atoms with Crippen molar-refractivity contribution in [2.24, 2.45) is 0 Å². The third kappa shape index (κ3) is 3.66. The van der Waals surface area contributed by atoms with Gasteiger partial charge < -0.3 is 4.74 Å². The van der Waals surface area contributed by atoms with Crippen molar-refractivity contribution in [1.82, 2.24) is 0 Å². The van der Waals surface area contributed by atoms with Gasteiger partial charge in [0.1, 0.15) is 12.4 Å². The lowest BCUT2D eigenvalue weighted by Gasteiger charge is -2.08. The highest BCUT2D eigenvalue weighted by Crippen LogP contribution is 2.31. The molecule has 1 rings (SSSR count). The summed E-state index contributed by atoms with van der Waals surface area (Å²) in [4.78, 5) is 10.9. The van der Waals surface area contributed by atoms with Crippen LogP contribution in [0.3, 0.4) is 0 Å². The maximum Gasteiger partial charge on any atom is 0.153 e. The van der Waals surface area contributed by atoms with Gasteiger partial charge >= 0.3 is 0 Å². The van der Waals surface area contributed by atoms with Gasteiger partial charge in [-0.3, -0.25) is 4.79 Å². The molecule has 0 fully saturated rings. The number of carbonyl (C=O) groups excluding carboxylic acids is 1. The van der Waals surface area contributed by atoms with Gasteiger partial charge in [0.25, 0.3) is 0 Å². The largest absolute Gasteiger partial charge is 0.479 e. The molecule has 0 unspecified atom stereocenters. The number of hydrogen-bond donors (Lipinski definition) is 0. The average molecular weight is 346 g/mol. The van der Waals surface area contributed by atoms with Crippen molar-refractivity contribution in [3.8, 4) is 17.6 Å². The molecule has 84 valence electrons. The maximum absolute atomic E-state index is 10.9. The molecule has 0 aliphatic carbocycles. The number of ether oxygens (including phenoxy) is 1. The molecule has 0 N–H and O–H groups in total. The zero-order valence-corrected chi connectivity index (χ0v) is 11.9. The minimum absolute atomic E-state index is 0.287. The van der Waals surface area contributed by atoms with E-state index in [0.29, 0.717) is 11.3 Å². The van der Waals surface area contributed by atoms with E-state index in [4.69, 9.17) is 4.74 Å². The summed E-state index contributed by atoms with van der Waals surface area (Å²) in [5.74, 6) is 6.29. The van der Waals surface area contributed by atoms with Crippen LogP contribution in [-0.2, 0) is 0 Å². The summed E-state index contributed by atoms with van der Waals surface area (Å²) in [5.41, 5.74) is 0.500. The van der Waals surface area contributed by atoms with Crippen molar-refractivity contribution < 1.29 is 9.53 Å². The number of aldehydes is 1. The van der Waals surface area contributed by atoms with Crippen molar-refractivity contribution in [1.29, 1.82) is 0 Å². The monoisotopic (exact) mass is 344 g/mol. The normalized spacial score (nSPS) is 9.19. The first-order chi connectivity index (χ1) is 7.69. The molecule has 0 saturated heterocycles. The second-order valence-corrected chi connectivity index (χ2v) is 4.69. The average Bonchev–Trinajstić information content (AvgIpc) is 2.26. The lowest BCUT2D eigenvalue weighted by molar-refractivity contribution is 0.112. The van der Waals surface area contributed by atoms with Gasteiger partial charge in [0.2, 0.25) is 0 Å². The van der Waals surface area contributed by atoms with Gasteiger partial charge in [0.05, 0.1) is 10.0 Å². The first kappa shape index (κ1) is 13.3. The highest BCUT2D eigenvalue weighted by atomic mass is 79.9. The predicted octanol–water partition coefficient (Wildman–Crippen LogP) is 3.82. The van der Waals surface area contributed by atoms with E-state index in [2.05, 4.69) is 43.7 Å². The molecule has 0 heterocycles. The van der Waals surface area contributed by atoms with Crippen LogP contribution in [0.2, 0.25) is 0 Å². The smallest absolute Gasteiger partial charge is 0.153 e. The molecular formula is C12H10Br2O2. The van der Waals surface area contributed by atoms with E-state index in [0.717, 1.165) is 21.7 Å². The summed E-state index contributed by atoms with van der Waals surface area (Å²) >= 11 is 6.65. The van der Waals surface area contributed by atoms with Gasteiger partial charge in [-0.25, -0.2) is 0 Å². The van der Waals surface area contributed by atoms with E-state index in [9.17, 15) is 4.79 Å². The standard InChI is InChI=1S/C12H10Br2O2/c1-2-3-4-5-16-12-9(8-15)6-10(13)7-11(12)14/h6-8H,2,5H2,1H3. The summed E-state index contributed by atoms with van der Waals surface area (Å²) in [6, 6.07) is 3.54. The van der Waals surface area contributed by atoms with Gasteiger partial charge in [0.15, 0.2) is 6.29 Å². The second-order valence-electron chi connectivity index (χ2n) is 2.92. The van der Waals surface area contributed by atoms with Crippen LogP contribution in [-0.4, -0.2) is 12.9 Å². The first-order valence-electron chi connectivity index (χ1n) is 4.71. The Morgan fingerprint density at radius 3 is 2.75 bits per heavy atom. The van der Waals surface area contributed by atoms with Gasteiger partial charge in [-0.1, -0.05) is 28.8 Å². The Hall–Kier alpha value is -0.790. The number of carbonyl (C=O) groups is 1. The molecule has 2 nitrogen and oxygen atoms in total. The highest BCUT2D eigenvalue weighted by Gasteiger charge is 2.08. The lowest BCUT2D eigenvalue weighted by atomic mass is 10.2. The minimum atomic E-state index is 0.287. The SMILES string of the molecule is CCC#CCOc1c(Br)cc(Br)cc1C=O. The van der Waals surface area contributed by atoms with Crippen molar-refractivity contribution in [2.75, 3.05) is 6.61 Å². The van der Waals surface area contributed by atoms with Crippen LogP contribution in [0.5, 0.6) is 5.75 Å². The Labute approximate surface area is 112 Å². The molecule has 1 aromatic rings. The molecule has 0 aromatic heterocycles. The zero-order chi connectivity index (χ0) is 12.0. The maximum atomic E-state index is 10.9. The molecule has 0 aliphatic rings. The fourth-order valence-corrected chi connectivity index (χ4v) is 2.48. The number of benzene rings is 1. The van der Waals surface area contributed by atoms with Crippen molar-refractivity contribution in [2.45, 2.75) is 13.3 Å². The lowest BCUT2D eigenvalue weighted by Crippen LogP contribution is -1.98. The molecule has 0 radical (unpaired) electrons. The number of rotatable bonds is 3. The minimum Gasteiger partial charge on any atom is -0.479 e. The highest BCUT2D eigenvalue weighted by molar-refractivity contribution is 9.11. The van der Waals surface area contributed by atoms with Crippen LogP contribution in [0.25, 0.3) is 0 Å². The molecule has 4 heteroatoms. The van der Waals surface area contributed by atoms with Crippen molar-refractivity contribution >= 4 is 38.1 Å². The van der Waals surface area contributed by atoms with Crippen molar-refractivity contribution in [3.63, 3.8) is 0 Å². The molecule has 0 aliphatic heterocycles. The third-order valence-corrected chi connectivity index (χ3v) is 2.80. The first-order valence-corrected chi connectivity index (χ1v) is 6.30. The zero-order valence-electron chi connectivity index (χ0n) is 8.72. The van der Waals surface area contributed by atoms with Gasteiger partial charge in [0, 0.05) is 10.9 Å². The topological polar surface area (TPSA) is 26.3 Å². The van der Waals surface area contributed by atoms with E-state index in [1.54, 1.807) is 6.07 Å². The Morgan fingerprint density at radius 2 is 2.12 bits per heavy atom. The molecule has 1 aromatic carbocycles. The van der Waals surface area contributed by atoms with Gasteiger partial charge in [-0.05, 0) is 28.1 Å². The fourth-order valence-electron chi connectivity index (χ4n) is 1.10. The van der Waals surface area contributed by atoms with E-state index in [1.165, 1.54) is 0 Å². The Balaban J connectivity index is 2.89. The van der Waals surface area contributed by atoms with E-state index in [-0.39, 0.29) is 6.61 Å². The Morgan fingerprint density at radius 1 is 1.38 bits per heavy atom. The van der Waals surface area contributed by atoms with Crippen LogP contribution < -0.4 is 4.74 Å². The molecule has 0 saturated carbocycles. The summed E-state index contributed by atoms with van der Waals surface area (Å²) in [6.45, 7) is 2.26. The third-order valence-electron chi connectivity index (χ3n) is 1.75. The summed E-state index contributed by atoms with van der Waals surface area (Å²) < 4.78 is 7.01. The summed E-state index contributed by atoms with van der Waals surface area (Å²) in [5, 5.41) is 0. The van der Waals surface area contributed by atoms with E-state index < -0.39 is 0 Å². The van der Waals surface area contributed by atoms with Crippen molar-refractivity contribution in [3.05, 3.63) is 26.6 Å². The van der Waals surface area contributed by atoms with Crippen LogP contribution in [0.15, 0.2) is 21.1 Å². The molecule has 0 spiro atoms. The molecule has 16 heavy (non-hydrogen) atoms.